The molecule has 0 aliphatic rings. The van der Waals surface area contributed by atoms with E-state index in [2.05, 4.69) is 15.9 Å². The van der Waals surface area contributed by atoms with Crippen molar-refractivity contribution in [1.82, 2.24) is 0 Å². The second-order valence-corrected chi connectivity index (χ2v) is 5.72. The fraction of sp³-hybridized carbons (Fsp3) is 0.118. The number of halogens is 1. The van der Waals surface area contributed by atoms with Gasteiger partial charge in [-0.1, -0.05) is 28.1 Å². The van der Waals surface area contributed by atoms with Gasteiger partial charge in [0.05, 0.1) is 30.3 Å². The van der Waals surface area contributed by atoms with Crippen LogP contribution in [-0.2, 0) is 4.79 Å². The molecule has 2 aromatic rings. The minimum absolute atomic E-state index is 0.123. The summed E-state index contributed by atoms with van der Waals surface area (Å²) < 4.78 is 10.8. The summed E-state index contributed by atoms with van der Waals surface area (Å²) in [6, 6.07) is 8.98. The lowest BCUT2D eigenvalue weighted by Crippen LogP contribution is -2.03. The van der Waals surface area contributed by atoms with E-state index in [1.165, 1.54) is 44.6 Å². The fourth-order valence-corrected chi connectivity index (χ4v) is 2.78. The van der Waals surface area contributed by atoms with E-state index in [0.717, 1.165) is 0 Å². The summed E-state index contributed by atoms with van der Waals surface area (Å²) in [6.45, 7) is 0. The molecule has 25 heavy (non-hydrogen) atoms. The van der Waals surface area contributed by atoms with Gasteiger partial charge in [-0.05, 0) is 24.3 Å². The van der Waals surface area contributed by atoms with Crippen LogP contribution in [-0.4, -0.2) is 30.2 Å². The molecule has 0 atom stereocenters. The largest absolute Gasteiger partial charge is 0.493 e. The van der Waals surface area contributed by atoms with Crippen LogP contribution >= 0.6 is 15.9 Å². The number of hydrogen-bond acceptors (Lipinski definition) is 5. The number of nitro groups is 1. The predicted octanol–water partition coefficient (Wildman–Crippen LogP) is 4.00. The molecule has 0 amide bonds. The minimum atomic E-state index is -1.23. The number of carbonyl (C=O) groups is 1. The molecule has 2 aromatic carbocycles. The van der Waals surface area contributed by atoms with Crippen molar-refractivity contribution in [3.63, 3.8) is 0 Å². The zero-order valence-corrected chi connectivity index (χ0v) is 14.9. The van der Waals surface area contributed by atoms with Crippen molar-refractivity contribution in [2.24, 2.45) is 0 Å². The van der Waals surface area contributed by atoms with Crippen LogP contribution in [0.15, 0.2) is 40.9 Å². The summed E-state index contributed by atoms with van der Waals surface area (Å²) in [7, 11) is 2.90. The third kappa shape index (κ3) is 3.97. The number of rotatable bonds is 6. The van der Waals surface area contributed by atoms with Crippen LogP contribution in [0.2, 0.25) is 0 Å². The molecule has 1 N–H and O–H groups in total. The highest BCUT2D eigenvalue weighted by Crippen LogP contribution is 2.37. The summed E-state index contributed by atoms with van der Waals surface area (Å²) in [5.41, 5.74) is 0.190. The van der Waals surface area contributed by atoms with Gasteiger partial charge in [0.1, 0.15) is 0 Å². The van der Waals surface area contributed by atoms with Crippen LogP contribution < -0.4 is 9.47 Å². The molecule has 0 aliphatic carbocycles. The van der Waals surface area contributed by atoms with Crippen molar-refractivity contribution in [1.29, 1.82) is 0 Å². The van der Waals surface area contributed by atoms with Crippen LogP contribution in [0.4, 0.5) is 5.69 Å². The number of para-hydroxylation sites is 1. The van der Waals surface area contributed by atoms with Gasteiger partial charge >= 0.3 is 5.97 Å². The van der Waals surface area contributed by atoms with Crippen molar-refractivity contribution in [3.8, 4) is 11.5 Å². The van der Waals surface area contributed by atoms with Gasteiger partial charge in [-0.2, -0.15) is 0 Å². The highest BCUT2D eigenvalue weighted by Gasteiger charge is 2.20. The van der Waals surface area contributed by atoms with E-state index < -0.39 is 10.9 Å². The van der Waals surface area contributed by atoms with Gasteiger partial charge in [-0.15, -0.1) is 0 Å². The Morgan fingerprint density at radius 2 is 1.80 bits per heavy atom. The summed E-state index contributed by atoms with van der Waals surface area (Å²) in [6.07, 6.45) is 1.26. The molecule has 0 bridgehead atoms. The first kappa shape index (κ1) is 18.5. The Hall–Kier alpha value is -2.87. The third-order valence-electron chi connectivity index (χ3n) is 3.43. The van der Waals surface area contributed by atoms with Crippen LogP contribution in [0, 0.1) is 10.1 Å². The van der Waals surface area contributed by atoms with Crippen molar-refractivity contribution in [2.45, 2.75) is 0 Å². The number of benzene rings is 2. The molecule has 0 radical (unpaired) electrons. The monoisotopic (exact) mass is 407 g/mol. The maximum atomic E-state index is 11.8. The van der Waals surface area contributed by atoms with Gasteiger partial charge in [0, 0.05) is 16.1 Å². The fourth-order valence-electron chi connectivity index (χ4n) is 2.25. The molecule has 8 heteroatoms. The van der Waals surface area contributed by atoms with Gasteiger partial charge in [0.25, 0.3) is 5.69 Å². The van der Waals surface area contributed by atoms with Gasteiger partial charge in [0.2, 0.25) is 0 Å². The van der Waals surface area contributed by atoms with Crippen LogP contribution in [0.3, 0.4) is 0 Å². The topological polar surface area (TPSA) is 98.9 Å². The Labute approximate surface area is 151 Å². The molecule has 0 unspecified atom stereocenters. The Morgan fingerprint density at radius 3 is 2.36 bits per heavy atom. The van der Waals surface area contributed by atoms with Gasteiger partial charge in [-0.3, -0.25) is 10.1 Å². The molecule has 0 aromatic heterocycles. The lowest BCUT2D eigenvalue weighted by molar-refractivity contribution is -0.385. The van der Waals surface area contributed by atoms with Crippen molar-refractivity contribution in [3.05, 3.63) is 62.1 Å². The highest BCUT2D eigenvalue weighted by molar-refractivity contribution is 9.10. The molecule has 130 valence electrons. The molecule has 0 aliphatic heterocycles. The molecule has 0 fully saturated rings. The number of aliphatic carboxylic acids is 1. The zero-order chi connectivity index (χ0) is 18.6. The molecule has 7 nitrogen and oxygen atoms in total. The van der Waals surface area contributed by atoms with Gasteiger partial charge < -0.3 is 14.6 Å². The average Bonchev–Trinajstić information content (AvgIpc) is 2.59. The molecule has 0 saturated heterocycles. The number of ether oxygens (including phenoxy) is 2. The maximum absolute atomic E-state index is 11.8. The molecule has 2 rings (SSSR count). The lowest BCUT2D eigenvalue weighted by atomic mass is 10.0. The summed E-state index contributed by atoms with van der Waals surface area (Å²) >= 11 is 3.31. The maximum Gasteiger partial charge on any atom is 0.336 e. The lowest BCUT2D eigenvalue weighted by Gasteiger charge is -2.12. The van der Waals surface area contributed by atoms with Crippen molar-refractivity contribution < 1.29 is 24.3 Å². The Bertz CT molecular complexity index is 862. The minimum Gasteiger partial charge on any atom is -0.493 e. The smallest absolute Gasteiger partial charge is 0.336 e. The first-order valence-electron chi connectivity index (χ1n) is 6.99. The van der Waals surface area contributed by atoms with Crippen LogP contribution in [0.25, 0.3) is 11.6 Å². The Kier molecular flexibility index (Phi) is 5.76. The highest BCUT2D eigenvalue weighted by atomic mass is 79.9. The number of carboxylic acid groups (broad SMARTS) is 1. The second kappa shape index (κ2) is 7.80. The molecular formula is C17H14BrNO6. The first-order chi connectivity index (χ1) is 11.9. The quantitative estimate of drug-likeness (QED) is 0.336. The van der Waals surface area contributed by atoms with Gasteiger partial charge in [0.15, 0.2) is 11.5 Å². The van der Waals surface area contributed by atoms with Crippen LogP contribution in [0.5, 0.6) is 11.5 Å². The van der Waals surface area contributed by atoms with Gasteiger partial charge in [-0.25, -0.2) is 4.79 Å². The van der Waals surface area contributed by atoms with E-state index in [1.807, 2.05) is 0 Å². The van der Waals surface area contributed by atoms with E-state index in [0.29, 0.717) is 21.5 Å². The number of nitrogens with zero attached hydrogens (tertiary/aromatic N) is 1. The third-order valence-corrected chi connectivity index (χ3v) is 4.08. The van der Waals surface area contributed by atoms with E-state index in [4.69, 9.17) is 9.47 Å². The predicted molar refractivity (Wildman–Crippen MR) is 95.8 cm³/mol. The molecule has 0 heterocycles. The SMILES string of the molecule is COc1cc(Br)c(/C(=C/c2ccccc2[N+](=O)[O-])C(=O)O)cc1OC. The Balaban J connectivity index is 2.68. The molecule has 0 spiro atoms. The molecular weight excluding hydrogens is 394 g/mol. The van der Waals surface area contributed by atoms with E-state index in [1.54, 1.807) is 12.1 Å². The van der Waals surface area contributed by atoms with Crippen LogP contribution in [0.1, 0.15) is 11.1 Å². The number of hydrogen-bond donors (Lipinski definition) is 1. The van der Waals surface area contributed by atoms with Crippen molar-refractivity contribution in [2.75, 3.05) is 14.2 Å². The van der Waals surface area contributed by atoms with Crippen molar-refractivity contribution >= 4 is 39.2 Å². The molecule has 0 saturated carbocycles. The van der Waals surface area contributed by atoms with E-state index >= 15 is 0 Å². The average molecular weight is 408 g/mol. The van der Waals surface area contributed by atoms with E-state index in [9.17, 15) is 20.0 Å². The Morgan fingerprint density at radius 1 is 1.20 bits per heavy atom. The first-order valence-corrected chi connectivity index (χ1v) is 7.78. The zero-order valence-electron chi connectivity index (χ0n) is 13.4. The summed E-state index contributed by atoms with van der Waals surface area (Å²) in [4.78, 5) is 22.3. The number of carboxylic acids is 1. The second-order valence-electron chi connectivity index (χ2n) is 4.87. The van der Waals surface area contributed by atoms with E-state index in [-0.39, 0.29) is 16.8 Å². The standard InChI is InChI=1S/C17H14BrNO6/c1-24-15-8-11(13(18)9-16(15)25-2)12(17(20)21)7-10-5-3-4-6-14(10)19(22)23/h3-9H,1-2H3,(H,20,21)/b12-7-. The summed E-state index contributed by atoms with van der Waals surface area (Å²) in [5, 5.41) is 20.7. The summed E-state index contributed by atoms with van der Waals surface area (Å²) in [5.74, 6) is -0.463. The number of nitro benzene ring substituents is 1. The number of methoxy groups -OCH3 is 2. The normalized spacial score (nSPS) is 11.1.